The maximum absolute atomic E-state index is 8.74. The largest absolute Gasteiger partial charge is 0.326 e. The summed E-state index contributed by atoms with van der Waals surface area (Å²) in [7, 11) is -2.51. The zero-order valence-electron chi connectivity index (χ0n) is 6.11. The quantitative estimate of drug-likeness (QED) is 0.341. The van der Waals surface area contributed by atoms with Gasteiger partial charge in [-0.1, -0.05) is 7.43 Å². The van der Waals surface area contributed by atoms with Crippen molar-refractivity contribution < 1.29 is 28.7 Å². The summed E-state index contributed by atoms with van der Waals surface area (Å²) in [5.41, 5.74) is 0. The highest BCUT2D eigenvalue weighted by Gasteiger charge is 1.62. The zero-order chi connectivity index (χ0) is 9.86. The van der Waals surface area contributed by atoms with Crippen molar-refractivity contribution in [3.63, 3.8) is 0 Å². The van der Waals surface area contributed by atoms with E-state index in [9.17, 15) is 0 Å². The van der Waals surface area contributed by atoms with Gasteiger partial charge in [-0.2, -0.15) is 0 Å². The highest BCUT2D eigenvalue weighted by molar-refractivity contribution is 7.31. The van der Waals surface area contributed by atoms with E-state index in [1.807, 2.05) is 14.1 Å². The molecule has 0 saturated heterocycles. The predicted octanol–water partition coefficient (Wildman–Crippen LogP) is -0.807. The van der Waals surface area contributed by atoms with Crippen LogP contribution in [-0.4, -0.2) is 33.7 Å². The molecule has 0 aromatic carbocycles. The van der Waals surface area contributed by atoms with Gasteiger partial charge >= 0.3 is 16.5 Å². The molecule has 0 rings (SSSR count). The zero-order valence-corrected chi connectivity index (χ0v) is 8.11. The van der Waals surface area contributed by atoms with Crippen molar-refractivity contribution in [2.45, 2.75) is 7.43 Å². The summed E-state index contributed by atoms with van der Waals surface area (Å²) in [5, 5.41) is 2.75. The van der Waals surface area contributed by atoms with E-state index < -0.39 is 16.5 Å². The Morgan fingerprint density at radius 3 is 0.917 bits per heavy atom. The Morgan fingerprint density at radius 2 is 0.917 bits per heavy atom. The van der Waals surface area contributed by atoms with Gasteiger partial charge in [0, 0.05) is 0 Å². The lowest BCUT2D eigenvalue weighted by Gasteiger charge is -1.61. The van der Waals surface area contributed by atoms with Gasteiger partial charge in [0.25, 0.3) is 0 Å². The van der Waals surface area contributed by atoms with E-state index in [1.165, 1.54) is 0 Å². The lowest BCUT2D eigenvalue weighted by molar-refractivity contribution is 0.403. The first-order valence-corrected chi connectivity index (χ1v) is 4.91. The highest BCUT2D eigenvalue weighted by atomic mass is 31.1. The lowest BCUT2D eigenvalue weighted by Crippen LogP contribution is -1.89. The molecule has 9 heteroatoms. The van der Waals surface area contributed by atoms with E-state index in [-0.39, 0.29) is 7.43 Å². The van der Waals surface area contributed by atoms with Crippen molar-refractivity contribution in [1.82, 2.24) is 5.32 Å². The van der Waals surface area contributed by atoms with Crippen LogP contribution < -0.4 is 5.32 Å². The first kappa shape index (κ1) is 22.8. The van der Waals surface area contributed by atoms with Gasteiger partial charge in [0.1, 0.15) is 0 Å². The normalized spacial score (nSPS) is 7.33. The summed E-state index contributed by atoms with van der Waals surface area (Å²) >= 11 is 0. The topological polar surface area (TPSA) is 127 Å². The SMILES string of the molecule is C.CNC.O=[PH](O)O.O=[PH](O)O. The molecule has 0 aliphatic rings. The van der Waals surface area contributed by atoms with Crippen molar-refractivity contribution in [2.24, 2.45) is 0 Å². The van der Waals surface area contributed by atoms with E-state index in [0.717, 1.165) is 0 Å². The van der Waals surface area contributed by atoms with Crippen LogP contribution in [0.1, 0.15) is 7.43 Å². The minimum Gasteiger partial charge on any atom is -0.326 e. The maximum atomic E-state index is 8.74. The Labute approximate surface area is 73.0 Å². The molecule has 0 heterocycles. The molecule has 0 aliphatic heterocycles. The molecule has 0 aliphatic carbocycles. The number of hydrogen-bond donors (Lipinski definition) is 5. The van der Waals surface area contributed by atoms with E-state index in [2.05, 4.69) is 5.32 Å². The van der Waals surface area contributed by atoms with Crippen LogP contribution >= 0.6 is 16.5 Å². The van der Waals surface area contributed by atoms with E-state index >= 15 is 0 Å². The smallest absolute Gasteiger partial charge is 0.314 e. The summed E-state index contributed by atoms with van der Waals surface area (Å²) in [4.78, 5) is 28.6. The van der Waals surface area contributed by atoms with Gasteiger partial charge in [-0.15, -0.1) is 0 Å². The molecular formula is C3H17NO6P2. The fourth-order valence-corrected chi connectivity index (χ4v) is 0. The first-order valence-electron chi connectivity index (χ1n) is 2.30. The van der Waals surface area contributed by atoms with Crippen LogP contribution in [0.4, 0.5) is 0 Å². The fourth-order valence-electron chi connectivity index (χ4n) is 0. The number of hydrogen-bond acceptors (Lipinski definition) is 3. The maximum Gasteiger partial charge on any atom is 0.314 e. The molecule has 12 heavy (non-hydrogen) atoms. The van der Waals surface area contributed by atoms with Gasteiger partial charge < -0.3 is 24.9 Å². The molecule has 80 valence electrons. The Bertz CT molecular complexity index is 89.0. The predicted molar refractivity (Wildman–Crippen MR) is 48.6 cm³/mol. The molecule has 0 atom stereocenters. The van der Waals surface area contributed by atoms with Gasteiger partial charge in [0.15, 0.2) is 0 Å². The van der Waals surface area contributed by atoms with Crippen LogP contribution in [0, 0.1) is 0 Å². The van der Waals surface area contributed by atoms with Crippen LogP contribution in [0.25, 0.3) is 0 Å². The van der Waals surface area contributed by atoms with Crippen LogP contribution in [-0.2, 0) is 9.13 Å². The van der Waals surface area contributed by atoms with Crippen LogP contribution in [0.5, 0.6) is 0 Å². The van der Waals surface area contributed by atoms with Gasteiger partial charge in [-0.3, -0.25) is 9.13 Å². The Kier molecular flexibility index (Phi) is 42.7. The van der Waals surface area contributed by atoms with Crippen molar-refractivity contribution in [2.75, 3.05) is 14.1 Å². The third kappa shape index (κ3) is 13000. The number of nitrogens with one attached hydrogen (secondary N) is 1. The van der Waals surface area contributed by atoms with Crippen molar-refractivity contribution in [3.05, 3.63) is 0 Å². The number of rotatable bonds is 0. The highest BCUT2D eigenvalue weighted by Crippen LogP contribution is 1.98. The molecule has 0 spiro atoms. The molecular weight excluding hydrogens is 208 g/mol. The Hall–Kier alpha value is 0.260. The summed E-state index contributed by atoms with van der Waals surface area (Å²) in [5.74, 6) is 0. The molecule has 0 saturated carbocycles. The summed E-state index contributed by atoms with van der Waals surface area (Å²) in [6.07, 6.45) is 0. The second-order valence-corrected chi connectivity index (χ2v) is 2.20. The minimum atomic E-state index is -3.13. The van der Waals surface area contributed by atoms with Crippen molar-refractivity contribution >= 4 is 16.5 Å². The molecule has 0 unspecified atom stereocenters. The van der Waals surface area contributed by atoms with E-state index in [0.29, 0.717) is 0 Å². The standard InChI is InChI=1S/C2H7N.CH4.2H3O3P/c1-3-2;;2*1-4(2)3/h3H,1-2H3;1H4;2*4H,(H2,1,2,3). The van der Waals surface area contributed by atoms with E-state index in [4.69, 9.17) is 28.7 Å². The monoisotopic (exact) mass is 225 g/mol. The molecule has 7 nitrogen and oxygen atoms in total. The Morgan fingerprint density at radius 1 is 0.917 bits per heavy atom. The summed E-state index contributed by atoms with van der Waals surface area (Å²) < 4.78 is 17.5. The first-order chi connectivity index (χ1) is 4.88. The summed E-state index contributed by atoms with van der Waals surface area (Å²) in [6.45, 7) is 0. The van der Waals surface area contributed by atoms with Crippen LogP contribution in [0.15, 0.2) is 0 Å². The van der Waals surface area contributed by atoms with E-state index in [1.54, 1.807) is 0 Å². The molecule has 0 aromatic heterocycles. The van der Waals surface area contributed by atoms with Crippen molar-refractivity contribution in [1.29, 1.82) is 0 Å². The van der Waals surface area contributed by atoms with Crippen LogP contribution in [0.2, 0.25) is 0 Å². The van der Waals surface area contributed by atoms with Crippen LogP contribution in [0.3, 0.4) is 0 Å². The minimum absolute atomic E-state index is 0. The van der Waals surface area contributed by atoms with Gasteiger partial charge in [-0.25, -0.2) is 0 Å². The fraction of sp³-hybridized carbons (Fsp3) is 1.00. The molecule has 0 aromatic rings. The molecule has 5 N–H and O–H groups in total. The molecule has 0 radical (unpaired) electrons. The third-order valence-electron chi connectivity index (χ3n) is 0. The lowest BCUT2D eigenvalue weighted by atomic mass is 11.3. The van der Waals surface area contributed by atoms with Crippen molar-refractivity contribution in [3.8, 4) is 0 Å². The molecule has 0 amide bonds. The molecule has 0 fully saturated rings. The van der Waals surface area contributed by atoms with Gasteiger partial charge in [0.05, 0.1) is 0 Å². The third-order valence-corrected chi connectivity index (χ3v) is 0. The van der Waals surface area contributed by atoms with Gasteiger partial charge in [-0.05, 0) is 14.1 Å². The second-order valence-electron chi connectivity index (χ2n) is 1.07. The average Bonchev–Trinajstić information content (AvgIpc) is 1.60. The van der Waals surface area contributed by atoms with Gasteiger partial charge in [0.2, 0.25) is 0 Å². The molecule has 0 bridgehead atoms. The summed E-state index contributed by atoms with van der Waals surface area (Å²) in [6, 6.07) is 0. The average molecular weight is 225 g/mol. The Balaban J connectivity index is -0.0000000389. The second kappa shape index (κ2) is 22.5.